The Morgan fingerprint density at radius 3 is 2.17 bits per heavy atom. The normalized spacial score (nSPS) is 14.9. The number of rotatable bonds is 3. The summed E-state index contributed by atoms with van der Waals surface area (Å²) in [5, 5.41) is 0. The Kier molecular flexibility index (Phi) is 5.39. The Morgan fingerprint density at radius 1 is 1.25 bits per heavy atom. The molecule has 1 heteroatoms. The summed E-state index contributed by atoms with van der Waals surface area (Å²) in [5.74, 6) is 0. The minimum atomic E-state index is 0.108. The molecule has 0 aliphatic rings. The van der Waals surface area contributed by atoms with Gasteiger partial charge in [-0.05, 0) is 33.3 Å². The van der Waals surface area contributed by atoms with Crippen molar-refractivity contribution in [2.24, 2.45) is 5.73 Å². The Balaban J connectivity index is 4.50. The van der Waals surface area contributed by atoms with E-state index in [0.717, 1.165) is 0 Å². The highest BCUT2D eigenvalue weighted by Gasteiger charge is 1.95. The Morgan fingerprint density at radius 2 is 1.83 bits per heavy atom. The molecule has 0 rings (SSSR count). The van der Waals surface area contributed by atoms with E-state index in [1.165, 1.54) is 11.1 Å². The second-order valence-electron chi connectivity index (χ2n) is 3.20. The van der Waals surface area contributed by atoms with Crippen LogP contribution < -0.4 is 5.73 Å². The molecule has 1 atom stereocenters. The van der Waals surface area contributed by atoms with Gasteiger partial charge in [0.1, 0.15) is 0 Å². The van der Waals surface area contributed by atoms with Gasteiger partial charge in [-0.3, -0.25) is 0 Å². The number of nitrogens with two attached hydrogens (primary N) is 1. The Labute approximate surface area is 75.7 Å². The summed E-state index contributed by atoms with van der Waals surface area (Å²) in [4.78, 5) is 0. The highest BCUT2D eigenvalue weighted by atomic mass is 14.6. The number of allylic oxidation sites excluding steroid dienone is 4. The van der Waals surface area contributed by atoms with E-state index in [9.17, 15) is 0 Å². The quantitative estimate of drug-likeness (QED) is 0.639. The third kappa shape index (κ3) is 4.91. The second-order valence-corrected chi connectivity index (χ2v) is 3.20. The zero-order valence-electron chi connectivity index (χ0n) is 8.46. The molecule has 0 amide bonds. The number of hydrogen-bond donors (Lipinski definition) is 1. The molecule has 2 N–H and O–H groups in total. The van der Waals surface area contributed by atoms with Crippen LogP contribution in [0.2, 0.25) is 0 Å². The molecule has 12 heavy (non-hydrogen) atoms. The van der Waals surface area contributed by atoms with Crippen molar-refractivity contribution >= 4 is 0 Å². The van der Waals surface area contributed by atoms with Gasteiger partial charge in [-0.1, -0.05) is 29.9 Å². The lowest BCUT2D eigenvalue weighted by atomic mass is 10.1. The van der Waals surface area contributed by atoms with Crippen LogP contribution >= 0.6 is 0 Å². The maximum Gasteiger partial charge on any atom is 0.0265 e. The first-order chi connectivity index (χ1) is 5.57. The van der Waals surface area contributed by atoms with Gasteiger partial charge in [0.15, 0.2) is 0 Å². The first-order valence-corrected chi connectivity index (χ1v) is 4.31. The second kappa shape index (κ2) is 5.78. The fraction of sp³-hybridized carbons (Fsp3) is 0.455. The third-order valence-corrected chi connectivity index (χ3v) is 1.49. The van der Waals surface area contributed by atoms with Crippen LogP contribution in [0.4, 0.5) is 0 Å². The van der Waals surface area contributed by atoms with Crippen LogP contribution in [-0.4, -0.2) is 6.04 Å². The monoisotopic (exact) mass is 165 g/mol. The molecule has 1 unspecified atom stereocenters. The fourth-order valence-corrected chi connectivity index (χ4v) is 0.814. The maximum absolute atomic E-state index is 5.76. The predicted molar refractivity (Wildman–Crippen MR) is 56.0 cm³/mol. The van der Waals surface area contributed by atoms with E-state index in [-0.39, 0.29) is 6.04 Å². The fourth-order valence-electron chi connectivity index (χ4n) is 0.814. The highest BCUT2D eigenvalue weighted by Crippen LogP contribution is 2.03. The maximum atomic E-state index is 5.76. The molecule has 0 saturated heterocycles. The van der Waals surface area contributed by atoms with Gasteiger partial charge in [-0.25, -0.2) is 0 Å². The van der Waals surface area contributed by atoms with E-state index >= 15 is 0 Å². The molecule has 0 bridgehead atoms. The van der Waals surface area contributed by atoms with Gasteiger partial charge in [0.25, 0.3) is 0 Å². The smallest absolute Gasteiger partial charge is 0.0265 e. The summed E-state index contributed by atoms with van der Waals surface area (Å²) in [6, 6.07) is 0.108. The molecular weight excluding hydrogens is 146 g/mol. The van der Waals surface area contributed by atoms with Gasteiger partial charge in [0.2, 0.25) is 0 Å². The molecule has 1 nitrogen and oxygen atoms in total. The summed E-state index contributed by atoms with van der Waals surface area (Å²) in [5.41, 5.74) is 8.22. The largest absolute Gasteiger partial charge is 0.324 e. The molecule has 0 aromatic carbocycles. The van der Waals surface area contributed by atoms with E-state index in [4.69, 9.17) is 5.73 Å². The molecule has 0 aromatic heterocycles. The van der Waals surface area contributed by atoms with Crippen molar-refractivity contribution in [2.75, 3.05) is 0 Å². The van der Waals surface area contributed by atoms with Crippen LogP contribution in [0.25, 0.3) is 0 Å². The molecule has 0 radical (unpaired) electrons. The van der Waals surface area contributed by atoms with Gasteiger partial charge < -0.3 is 5.73 Å². The lowest BCUT2D eigenvalue weighted by molar-refractivity contribution is 0.884. The first-order valence-electron chi connectivity index (χ1n) is 4.31. The van der Waals surface area contributed by atoms with Crippen molar-refractivity contribution in [3.05, 3.63) is 35.5 Å². The van der Waals surface area contributed by atoms with Crippen molar-refractivity contribution < 1.29 is 0 Å². The van der Waals surface area contributed by atoms with Gasteiger partial charge in [-0.2, -0.15) is 0 Å². The third-order valence-electron chi connectivity index (χ3n) is 1.49. The molecule has 0 fully saturated rings. The lowest BCUT2D eigenvalue weighted by Crippen LogP contribution is -2.16. The average molecular weight is 165 g/mol. The molecule has 0 aromatic rings. The van der Waals surface area contributed by atoms with Crippen LogP contribution in [-0.2, 0) is 0 Å². The molecule has 0 saturated carbocycles. The first kappa shape index (κ1) is 11.2. The summed E-state index contributed by atoms with van der Waals surface area (Å²) in [7, 11) is 0. The van der Waals surface area contributed by atoms with Crippen molar-refractivity contribution in [3.63, 3.8) is 0 Å². The highest BCUT2D eigenvalue weighted by molar-refractivity contribution is 5.28. The molecule has 68 valence electrons. The van der Waals surface area contributed by atoms with E-state index in [1.807, 2.05) is 26.0 Å². The van der Waals surface area contributed by atoms with Gasteiger partial charge in [-0.15, -0.1) is 0 Å². The molecule has 0 heterocycles. The van der Waals surface area contributed by atoms with Crippen molar-refractivity contribution in [1.29, 1.82) is 0 Å². The minimum absolute atomic E-state index is 0.108. The van der Waals surface area contributed by atoms with E-state index in [1.54, 1.807) is 0 Å². The van der Waals surface area contributed by atoms with Crippen LogP contribution in [0.15, 0.2) is 35.5 Å². The SMILES string of the molecule is C/C=C/C(=C\C=C(C)C)C(C)N. The summed E-state index contributed by atoms with van der Waals surface area (Å²) >= 11 is 0. The zero-order chi connectivity index (χ0) is 9.56. The topological polar surface area (TPSA) is 26.0 Å². The number of hydrogen-bond acceptors (Lipinski definition) is 1. The molecule has 0 aliphatic heterocycles. The van der Waals surface area contributed by atoms with Crippen molar-refractivity contribution in [1.82, 2.24) is 0 Å². The summed E-state index contributed by atoms with van der Waals surface area (Å²) in [6.07, 6.45) is 8.21. The van der Waals surface area contributed by atoms with Crippen molar-refractivity contribution in [3.8, 4) is 0 Å². The lowest BCUT2D eigenvalue weighted by Gasteiger charge is -2.04. The van der Waals surface area contributed by atoms with Crippen LogP contribution in [0.5, 0.6) is 0 Å². The van der Waals surface area contributed by atoms with E-state index in [0.29, 0.717) is 0 Å². The van der Waals surface area contributed by atoms with Crippen molar-refractivity contribution in [2.45, 2.75) is 33.7 Å². The van der Waals surface area contributed by atoms with Crippen LogP contribution in [0.1, 0.15) is 27.7 Å². The zero-order valence-corrected chi connectivity index (χ0v) is 8.46. The standard InChI is InChI=1S/C11H19N/c1-5-6-11(10(4)12)8-7-9(2)3/h5-8,10H,12H2,1-4H3/b6-5+,11-8+. The van der Waals surface area contributed by atoms with E-state index < -0.39 is 0 Å². The van der Waals surface area contributed by atoms with Gasteiger partial charge in [0.05, 0.1) is 0 Å². The molecule has 0 spiro atoms. The van der Waals surface area contributed by atoms with E-state index in [2.05, 4.69) is 26.0 Å². The Hall–Kier alpha value is -0.820. The molecular formula is C11H19N. The predicted octanol–water partition coefficient (Wildman–Crippen LogP) is 2.80. The van der Waals surface area contributed by atoms with Gasteiger partial charge >= 0.3 is 0 Å². The minimum Gasteiger partial charge on any atom is -0.324 e. The van der Waals surface area contributed by atoms with Gasteiger partial charge in [0, 0.05) is 6.04 Å². The van der Waals surface area contributed by atoms with Crippen LogP contribution in [0.3, 0.4) is 0 Å². The summed E-state index contributed by atoms with van der Waals surface area (Å²) < 4.78 is 0. The molecule has 0 aliphatic carbocycles. The average Bonchev–Trinajstić information content (AvgIpc) is 1.96. The van der Waals surface area contributed by atoms with Crippen LogP contribution in [0, 0.1) is 0 Å². The summed E-state index contributed by atoms with van der Waals surface area (Å²) in [6.45, 7) is 8.14. The Bertz CT molecular complexity index is 203.